The molecule has 0 unspecified atom stereocenters. The first-order valence-electron chi connectivity index (χ1n) is 3.59. The van der Waals surface area contributed by atoms with Crippen molar-refractivity contribution in [1.82, 2.24) is 0 Å². The van der Waals surface area contributed by atoms with Gasteiger partial charge in [-0.3, -0.25) is 9.79 Å². The summed E-state index contributed by atoms with van der Waals surface area (Å²) in [5, 5.41) is 3.22. The molecule has 0 radical (unpaired) electrons. The molecule has 60 valence electrons. The minimum absolute atomic E-state index is 0.200. The minimum atomic E-state index is 0.200. The van der Waals surface area contributed by atoms with Gasteiger partial charge in [-0.25, -0.2) is 0 Å². The van der Waals surface area contributed by atoms with Crippen LogP contribution in [0.25, 0.3) is 0 Å². The quantitative estimate of drug-likeness (QED) is 0.267. The van der Waals surface area contributed by atoms with Crippen LogP contribution >= 0.6 is 0 Å². The van der Waals surface area contributed by atoms with E-state index in [1.165, 1.54) is 19.1 Å². The van der Waals surface area contributed by atoms with Gasteiger partial charge in [-0.15, -0.1) is 0 Å². The van der Waals surface area contributed by atoms with Gasteiger partial charge in [-0.1, -0.05) is 0 Å². The fourth-order valence-electron chi connectivity index (χ4n) is 0.690. The van der Waals surface area contributed by atoms with Crippen molar-refractivity contribution in [3.05, 3.63) is 0 Å². The van der Waals surface area contributed by atoms with Crippen LogP contribution in [0.4, 0.5) is 0 Å². The molecule has 1 aliphatic rings. The molecule has 0 aromatic rings. The van der Waals surface area contributed by atoms with E-state index in [9.17, 15) is 4.79 Å². The van der Waals surface area contributed by atoms with Gasteiger partial charge in [-0.2, -0.15) is 5.10 Å². The maximum Gasteiger partial charge on any atom is 0.171 e. The molecule has 2 N–H and O–H groups in total. The van der Waals surface area contributed by atoms with E-state index in [-0.39, 0.29) is 5.71 Å². The standard InChI is InChI=1S/C7H11N3O/c8-10-7(5-11)4-9-3-6-1-2-6/h4-6H,1-3,8H2. The second kappa shape index (κ2) is 3.85. The van der Waals surface area contributed by atoms with Crippen LogP contribution in [0.2, 0.25) is 0 Å². The van der Waals surface area contributed by atoms with Crippen LogP contribution in [-0.2, 0) is 4.79 Å². The number of aliphatic imine (C=N–C) groups is 1. The summed E-state index contributed by atoms with van der Waals surface area (Å²) in [4.78, 5) is 14.1. The molecule has 0 aromatic heterocycles. The summed E-state index contributed by atoms with van der Waals surface area (Å²) < 4.78 is 0. The number of nitrogens with two attached hydrogens (primary N) is 1. The Morgan fingerprint density at radius 1 is 1.64 bits per heavy atom. The molecule has 0 amide bonds. The Morgan fingerprint density at radius 2 is 2.36 bits per heavy atom. The lowest BCUT2D eigenvalue weighted by atomic mass is 10.4. The number of carbonyl (C=O) groups is 1. The third-order valence-electron chi connectivity index (χ3n) is 1.55. The SMILES string of the molecule is NN=C(C=O)C=NCC1CC1. The van der Waals surface area contributed by atoms with Crippen molar-refractivity contribution in [3.63, 3.8) is 0 Å². The van der Waals surface area contributed by atoms with Crippen LogP contribution in [0.5, 0.6) is 0 Å². The topological polar surface area (TPSA) is 67.8 Å². The van der Waals surface area contributed by atoms with Gasteiger partial charge in [0.1, 0.15) is 5.71 Å². The molecular formula is C7H11N3O. The molecule has 4 heteroatoms. The normalized spacial score (nSPS) is 19.1. The Balaban J connectivity index is 2.25. The molecule has 1 fully saturated rings. The van der Waals surface area contributed by atoms with Gasteiger partial charge in [0, 0.05) is 6.54 Å². The van der Waals surface area contributed by atoms with Crippen LogP contribution in [0.1, 0.15) is 12.8 Å². The third kappa shape index (κ3) is 2.93. The highest BCUT2D eigenvalue weighted by Crippen LogP contribution is 2.28. The maximum absolute atomic E-state index is 10.1. The van der Waals surface area contributed by atoms with Gasteiger partial charge in [0.2, 0.25) is 0 Å². The van der Waals surface area contributed by atoms with Crippen LogP contribution in [0, 0.1) is 5.92 Å². The number of aldehydes is 1. The summed E-state index contributed by atoms with van der Waals surface area (Å²) in [6, 6.07) is 0. The van der Waals surface area contributed by atoms with Crippen molar-refractivity contribution in [3.8, 4) is 0 Å². The van der Waals surface area contributed by atoms with E-state index in [4.69, 9.17) is 5.84 Å². The van der Waals surface area contributed by atoms with Crippen LogP contribution in [0.15, 0.2) is 10.1 Å². The number of hydrogen-bond donors (Lipinski definition) is 1. The number of rotatable bonds is 4. The number of nitrogens with zero attached hydrogens (tertiary/aromatic N) is 2. The van der Waals surface area contributed by atoms with Crippen molar-refractivity contribution in [1.29, 1.82) is 0 Å². The van der Waals surface area contributed by atoms with Gasteiger partial charge in [0.15, 0.2) is 6.29 Å². The summed E-state index contributed by atoms with van der Waals surface area (Å²) in [5.74, 6) is 5.61. The Bertz CT molecular complexity index is 194. The van der Waals surface area contributed by atoms with Crippen molar-refractivity contribution < 1.29 is 4.79 Å². The Morgan fingerprint density at radius 3 is 2.82 bits per heavy atom. The van der Waals surface area contributed by atoms with E-state index < -0.39 is 0 Å². The van der Waals surface area contributed by atoms with Crippen molar-refractivity contribution in [2.75, 3.05) is 6.54 Å². The highest BCUT2D eigenvalue weighted by atomic mass is 16.1. The predicted octanol–water partition coefficient (Wildman–Crippen LogP) is -0.0192. The van der Waals surface area contributed by atoms with Crippen LogP contribution in [0.3, 0.4) is 0 Å². The van der Waals surface area contributed by atoms with Crippen LogP contribution < -0.4 is 5.84 Å². The monoisotopic (exact) mass is 153 g/mol. The Kier molecular flexibility index (Phi) is 2.77. The second-order valence-electron chi connectivity index (χ2n) is 2.61. The zero-order chi connectivity index (χ0) is 8.10. The third-order valence-corrected chi connectivity index (χ3v) is 1.55. The van der Waals surface area contributed by atoms with Gasteiger partial charge in [0.05, 0.1) is 6.21 Å². The fourth-order valence-corrected chi connectivity index (χ4v) is 0.690. The molecule has 0 atom stereocenters. The average Bonchev–Trinajstić information content (AvgIpc) is 2.82. The molecular weight excluding hydrogens is 142 g/mol. The van der Waals surface area contributed by atoms with Crippen molar-refractivity contribution >= 4 is 18.2 Å². The second-order valence-corrected chi connectivity index (χ2v) is 2.61. The highest BCUT2D eigenvalue weighted by Gasteiger charge is 2.19. The van der Waals surface area contributed by atoms with Crippen LogP contribution in [-0.4, -0.2) is 24.8 Å². The van der Waals surface area contributed by atoms with E-state index in [0.717, 1.165) is 12.5 Å². The molecule has 1 rings (SSSR count). The summed E-state index contributed by atoms with van der Waals surface area (Å²) in [7, 11) is 0. The summed E-state index contributed by atoms with van der Waals surface area (Å²) in [6.45, 7) is 0.798. The lowest BCUT2D eigenvalue weighted by molar-refractivity contribution is -0.102. The van der Waals surface area contributed by atoms with E-state index >= 15 is 0 Å². The molecule has 0 saturated heterocycles. The lowest BCUT2D eigenvalue weighted by Gasteiger charge is -1.86. The zero-order valence-electron chi connectivity index (χ0n) is 6.23. The first kappa shape index (κ1) is 7.91. The molecule has 1 saturated carbocycles. The molecule has 0 heterocycles. The Labute approximate surface area is 65.2 Å². The summed E-state index contributed by atoms with van der Waals surface area (Å²) in [6.07, 6.45) is 4.53. The van der Waals surface area contributed by atoms with E-state index in [1.54, 1.807) is 0 Å². The Hall–Kier alpha value is -1.19. The van der Waals surface area contributed by atoms with Crippen molar-refractivity contribution in [2.45, 2.75) is 12.8 Å². The lowest BCUT2D eigenvalue weighted by Crippen LogP contribution is -2.05. The van der Waals surface area contributed by atoms with E-state index in [0.29, 0.717) is 6.29 Å². The minimum Gasteiger partial charge on any atom is -0.323 e. The maximum atomic E-state index is 10.1. The van der Waals surface area contributed by atoms with Crippen molar-refractivity contribution in [2.24, 2.45) is 21.9 Å². The zero-order valence-corrected chi connectivity index (χ0v) is 6.23. The van der Waals surface area contributed by atoms with Gasteiger partial charge < -0.3 is 5.84 Å². The number of hydrazone groups is 1. The predicted molar refractivity (Wildman–Crippen MR) is 43.8 cm³/mol. The smallest absolute Gasteiger partial charge is 0.171 e. The molecule has 11 heavy (non-hydrogen) atoms. The molecule has 0 aromatic carbocycles. The van der Waals surface area contributed by atoms with E-state index in [1.807, 2.05) is 0 Å². The molecule has 0 spiro atoms. The van der Waals surface area contributed by atoms with Gasteiger partial charge in [0.25, 0.3) is 0 Å². The van der Waals surface area contributed by atoms with Gasteiger partial charge in [-0.05, 0) is 18.8 Å². The largest absolute Gasteiger partial charge is 0.323 e. The first-order chi connectivity index (χ1) is 5.36. The summed E-state index contributed by atoms with van der Waals surface area (Å²) >= 11 is 0. The summed E-state index contributed by atoms with van der Waals surface area (Å²) in [5.41, 5.74) is 0.200. The highest BCUT2D eigenvalue weighted by molar-refractivity contribution is 6.54. The first-order valence-corrected chi connectivity index (χ1v) is 3.59. The number of hydrogen-bond acceptors (Lipinski definition) is 4. The number of carbonyl (C=O) groups excluding carboxylic acids is 1. The molecule has 0 aliphatic heterocycles. The average molecular weight is 153 g/mol. The molecule has 1 aliphatic carbocycles. The van der Waals surface area contributed by atoms with E-state index in [2.05, 4.69) is 10.1 Å². The van der Waals surface area contributed by atoms with Gasteiger partial charge >= 0.3 is 0 Å². The fraction of sp³-hybridized carbons (Fsp3) is 0.571. The molecule has 0 bridgehead atoms. The molecule has 4 nitrogen and oxygen atoms in total.